The Morgan fingerprint density at radius 2 is 2.35 bits per heavy atom. The molecule has 0 aliphatic heterocycles. The average Bonchev–Trinajstić information content (AvgIpc) is 2.27. The Kier molecular flexibility index (Phi) is 5.39. The van der Waals surface area contributed by atoms with Gasteiger partial charge in [-0.1, -0.05) is 13.8 Å². The highest BCUT2D eigenvalue weighted by Crippen LogP contribution is 2.12. The van der Waals surface area contributed by atoms with E-state index in [1.54, 1.807) is 6.07 Å². The minimum Gasteiger partial charge on any atom is -0.479 e. The molecule has 17 heavy (non-hydrogen) atoms. The highest BCUT2D eigenvalue weighted by Gasteiger charge is 2.06. The Morgan fingerprint density at radius 1 is 1.59 bits per heavy atom. The van der Waals surface area contributed by atoms with Crippen molar-refractivity contribution in [2.24, 2.45) is 5.92 Å². The van der Waals surface area contributed by atoms with Crippen LogP contribution >= 0.6 is 0 Å². The first-order chi connectivity index (χ1) is 8.09. The fourth-order valence-corrected chi connectivity index (χ4v) is 1.17. The molecule has 1 aromatic rings. The molecular formula is C12H17FN2O2. The van der Waals surface area contributed by atoms with E-state index in [0.717, 1.165) is 6.42 Å². The van der Waals surface area contributed by atoms with E-state index in [2.05, 4.69) is 24.1 Å². The molecule has 1 aromatic heterocycles. The predicted octanol–water partition coefficient (Wildman–Crippen LogP) is 1.76. The van der Waals surface area contributed by atoms with E-state index in [9.17, 15) is 9.18 Å². The highest BCUT2D eigenvalue weighted by molar-refractivity contribution is 5.77. The molecule has 0 saturated carbocycles. The molecule has 0 fully saturated rings. The maximum Gasteiger partial charge on any atom is 0.257 e. The van der Waals surface area contributed by atoms with Crippen molar-refractivity contribution in [2.75, 3.05) is 13.2 Å². The van der Waals surface area contributed by atoms with Gasteiger partial charge in [-0.2, -0.15) is 4.39 Å². The minimum atomic E-state index is -0.706. The molecule has 1 N–H and O–H groups in total. The summed E-state index contributed by atoms with van der Waals surface area (Å²) in [6.45, 7) is 4.57. The van der Waals surface area contributed by atoms with E-state index in [1.165, 1.54) is 12.3 Å². The summed E-state index contributed by atoms with van der Waals surface area (Å²) < 4.78 is 18.0. The van der Waals surface area contributed by atoms with Crippen LogP contribution in [0.2, 0.25) is 0 Å². The van der Waals surface area contributed by atoms with Gasteiger partial charge in [0.05, 0.1) is 0 Å². The van der Waals surface area contributed by atoms with Crippen LogP contribution in [0.1, 0.15) is 20.3 Å². The molecule has 94 valence electrons. The molecule has 0 radical (unpaired) electrons. The standard InChI is InChI=1S/C12H17FN2O2/c1-9(2)5-7-14-11(16)8-17-10-4-3-6-15-12(10)13/h3-4,6,9H,5,7-8H2,1-2H3,(H,14,16). The Morgan fingerprint density at radius 3 is 3.00 bits per heavy atom. The number of rotatable bonds is 6. The number of aromatic nitrogens is 1. The van der Waals surface area contributed by atoms with Gasteiger partial charge in [0.15, 0.2) is 12.4 Å². The zero-order valence-corrected chi connectivity index (χ0v) is 10.1. The zero-order valence-electron chi connectivity index (χ0n) is 10.1. The van der Waals surface area contributed by atoms with Crippen LogP contribution in [-0.2, 0) is 4.79 Å². The van der Waals surface area contributed by atoms with Crippen molar-refractivity contribution in [1.29, 1.82) is 0 Å². The molecule has 0 unspecified atom stereocenters. The van der Waals surface area contributed by atoms with E-state index in [4.69, 9.17) is 4.74 Å². The molecule has 1 rings (SSSR count). The summed E-state index contributed by atoms with van der Waals surface area (Å²) >= 11 is 0. The maximum absolute atomic E-state index is 13.0. The number of hydrogen-bond donors (Lipinski definition) is 1. The van der Waals surface area contributed by atoms with Crippen LogP contribution in [0, 0.1) is 11.9 Å². The van der Waals surface area contributed by atoms with Crippen LogP contribution in [0.15, 0.2) is 18.3 Å². The van der Waals surface area contributed by atoms with Gasteiger partial charge in [-0.25, -0.2) is 4.98 Å². The molecule has 0 spiro atoms. The number of nitrogens with one attached hydrogen (secondary N) is 1. The van der Waals surface area contributed by atoms with Gasteiger partial charge < -0.3 is 10.1 Å². The number of hydrogen-bond acceptors (Lipinski definition) is 3. The summed E-state index contributed by atoms with van der Waals surface area (Å²) in [5.41, 5.74) is 0. The molecule has 0 aliphatic carbocycles. The van der Waals surface area contributed by atoms with Crippen LogP contribution in [0.3, 0.4) is 0 Å². The molecule has 1 heterocycles. The fourth-order valence-electron chi connectivity index (χ4n) is 1.17. The second-order valence-electron chi connectivity index (χ2n) is 4.11. The Bertz CT molecular complexity index is 369. The van der Waals surface area contributed by atoms with Crippen molar-refractivity contribution in [3.05, 3.63) is 24.3 Å². The molecule has 0 saturated heterocycles. The second-order valence-corrected chi connectivity index (χ2v) is 4.11. The van der Waals surface area contributed by atoms with E-state index in [-0.39, 0.29) is 18.3 Å². The van der Waals surface area contributed by atoms with Gasteiger partial charge in [0.25, 0.3) is 11.9 Å². The third-order valence-electron chi connectivity index (χ3n) is 2.13. The first kappa shape index (κ1) is 13.4. The van der Waals surface area contributed by atoms with Crippen LogP contribution in [0.4, 0.5) is 4.39 Å². The zero-order chi connectivity index (χ0) is 12.7. The van der Waals surface area contributed by atoms with Gasteiger partial charge in [-0.05, 0) is 24.5 Å². The summed E-state index contributed by atoms with van der Waals surface area (Å²) in [6.07, 6.45) is 2.23. The third-order valence-corrected chi connectivity index (χ3v) is 2.13. The number of amides is 1. The van der Waals surface area contributed by atoms with E-state index in [0.29, 0.717) is 12.5 Å². The van der Waals surface area contributed by atoms with Crippen molar-refractivity contribution >= 4 is 5.91 Å². The third kappa shape index (κ3) is 5.29. The molecule has 0 atom stereocenters. The van der Waals surface area contributed by atoms with Crippen LogP contribution < -0.4 is 10.1 Å². The van der Waals surface area contributed by atoms with E-state index >= 15 is 0 Å². The SMILES string of the molecule is CC(C)CCNC(=O)COc1cccnc1F. The maximum atomic E-state index is 13.0. The Balaban J connectivity index is 2.26. The van der Waals surface area contributed by atoms with Crippen molar-refractivity contribution in [3.8, 4) is 5.75 Å². The molecule has 0 bridgehead atoms. The lowest BCUT2D eigenvalue weighted by Crippen LogP contribution is -2.30. The lowest BCUT2D eigenvalue weighted by atomic mass is 10.1. The van der Waals surface area contributed by atoms with Gasteiger partial charge in [0.2, 0.25) is 0 Å². The lowest BCUT2D eigenvalue weighted by molar-refractivity contribution is -0.123. The first-order valence-electron chi connectivity index (χ1n) is 5.59. The summed E-state index contributed by atoms with van der Waals surface area (Å²) in [7, 11) is 0. The molecular weight excluding hydrogens is 223 g/mol. The highest BCUT2D eigenvalue weighted by atomic mass is 19.1. The topological polar surface area (TPSA) is 51.2 Å². The minimum absolute atomic E-state index is 0.00786. The predicted molar refractivity (Wildman–Crippen MR) is 62.2 cm³/mol. The van der Waals surface area contributed by atoms with E-state index in [1.807, 2.05) is 0 Å². The number of carbonyl (C=O) groups excluding carboxylic acids is 1. The lowest BCUT2D eigenvalue weighted by Gasteiger charge is -2.08. The normalized spacial score (nSPS) is 10.4. The van der Waals surface area contributed by atoms with Gasteiger partial charge in [0, 0.05) is 12.7 Å². The van der Waals surface area contributed by atoms with Gasteiger partial charge >= 0.3 is 0 Å². The van der Waals surface area contributed by atoms with E-state index < -0.39 is 5.95 Å². The fraction of sp³-hybridized carbons (Fsp3) is 0.500. The van der Waals surface area contributed by atoms with Crippen molar-refractivity contribution in [3.63, 3.8) is 0 Å². The Labute approximate surface area is 100 Å². The first-order valence-corrected chi connectivity index (χ1v) is 5.59. The smallest absolute Gasteiger partial charge is 0.257 e. The van der Waals surface area contributed by atoms with Crippen LogP contribution in [0.5, 0.6) is 5.75 Å². The van der Waals surface area contributed by atoms with Crippen LogP contribution in [0.25, 0.3) is 0 Å². The van der Waals surface area contributed by atoms with Gasteiger partial charge in [0.1, 0.15) is 0 Å². The Hall–Kier alpha value is -1.65. The number of nitrogens with zero attached hydrogens (tertiary/aromatic N) is 1. The average molecular weight is 240 g/mol. The summed E-state index contributed by atoms with van der Waals surface area (Å²) in [5, 5.41) is 2.70. The number of pyridine rings is 1. The van der Waals surface area contributed by atoms with Crippen LogP contribution in [-0.4, -0.2) is 24.0 Å². The summed E-state index contributed by atoms with van der Waals surface area (Å²) in [6, 6.07) is 2.98. The van der Waals surface area contributed by atoms with Crippen molar-refractivity contribution in [1.82, 2.24) is 10.3 Å². The van der Waals surface area contributed by atoms with Gasteiger partial charge in [-0.15, -0.1) is 0 Å². The molecule has 1 amide bonds. The largest absolute Gasteiger partial charge is 0.479 e. The molecule has 5 heteroatoms. The second kappa shape index (κ2) is 6.83. The molecule has 0 aliphatic rings. The summed E-state index contributed by atoms with van der Waals surface area (Å²) in [5.74, 6) is -0.435. The van der Waals surface area contributed by atoms with Gasteiger partial charge in [-0.3, -0.25) is 4.79 Å². The molecule has 0 aromatic carbocycles. The number of ether oxygens (including phenoxy) is 1. The number of halogens is 1. The molecule has 4 nitrogen and oxygen atoms in total. The monoisotopic (exact) mass is 240 g/mol. The van der Waals surface area contributed by atoms with Crippen molar-refractivity contribution in [2.45, 2.75) is 20.3 Å². The van der Waals surface area contributed by atoms with Crippen molar-refractivity contribution < 1.29 is 13.9 Å². The number of carbonyl (C=O) groups is 1. The summed E-state index contributed by atoms with van der Waals surface area (Å²) in [4.78, 5) is 14.7. The quantitative estimate of drug-likeness (QED) is 0.771.